The third-order valence-corrected chi connectivity index (χ3v) is 4.12. The van der Waals surface area contributed by atoms with Crippen molar-refractivity contribution in [1.82, 2.24) is 4.98 Å². The number of nitrogens with one attached hydrogen (secondary N) is 1. The average molecular weight is 276 g/mol. The van der Waals surface area contributed by atoms with Crippen molar-refractivity contribution in [3.63, 3.8) is 0 Å². The van der Waals surface area contributed by atoms with Crippen LogP contribution in [0.15, 0.2) is 18.2 Å². The van der Waals surface area contributed by atoms with E-state index in [4.69, 9.17) is 5.11 Å². The van der Waals surface area contributed by atoms with Crippen LogP contribution in [-0.4, -0.2) is 22.6 Å². The van der Waals surface area contributed by atoms with E-state index in [1.54, 1.807) is 6.07 Å². The fourth-order valence-corrected chi connectivity index (χ4v) is 3.37. The molecule has 2 rings (SSSR count). The molecule has 20 heavy (non-hydrogen) atoms. The number of anilines is 1. The molecule has 0 radical (unpaired) electrons. The minimum absolute atomic E-state index is 0.0966. The number of nitrogens with zero attached hydrogens (tertiary/aromatic N) is 1. The maximum atomic E-state index is 10.9. The van der Waals surface area contributed by atoms with Crippen molar-refractivity contribution in [2.75, 3.05) is 11.9 Å². The molecule has 0 aliphatic heterocycles. The van der Waals surface area contributed by atoms with Crippen molar-refractivity contribution < 1.29 is 9.90 Å². The fourth-order valence-electron chi connectivity index (χ4n) is 3.37. The van der Waals surface area contributed by atoms with Crippen LogP contribution >= 0.6 is 0 Å². The van der Waals surface area contributed by atoms with E-state index in [1.807, 2.05) is 6.07 Å². The topological polar surface area (TPSA) is 62.2 Å². The summed E-state index contributed by atoms with van der Waals surface area (Å²) in [5.41, 5.74) is 0.453. The smallest absolute Gasteiger partial charge is 0.354 e. The molecular weight excluding hydrogens is 252 g/mol. The van der Waals surface area contributed by atoms with E-state index in [-0.39, 0.29) is 5.69 Å². The monoisotopic (exact) mass is 276 g/mol. The van der Waals surface area contributed by atoms with Crippen molar-refractivity contribution in [1.29, 1.82) is 0 Å². The lowest BCUT2D eigenvalue weighted by molar-refractivity contribution is 0.0690. The molecule has 1 aromatic heterocycles. The highest BCUT2D eigenvalue weighted by Gasteiger charge is 2.34. The molecule has 0 spiro atoms. The number of carbonyl (C=O) groups is 1. The average Bonchev–Trinajstić information content (AvgIpc) is 2.85. The van der Waals surface area contributed by atoms with Crippen LogP contribution < -0.4 is 5.32 Å². The largest absolute Gasteiger partial charge is 0.477 e. The number of hydrogen-bond acceptors (Lipinski definition) is 3. The Labute approximate surface area is 120 Å². The summed E-state index contributed by atoms with van der Waals surface area (Å²) >= 11 is 0. The summed E-state index contributed by atoms with van der Waals surface area (Å²) < 4.78 is 0. The summed E-state index contributed by atoms with van der Waals surface area (Å²) in [4.78, 5) is 15.1. The molecule has 1 aromatic rings. The Balaban J connectivity index is 2.02. The molecule has 0 bridgehead atoms. The number of rotatable bonds is 6. The lowest BCUT2D eigenvalue weighted by Gasteiger charge is -2.31. The summed E-state index contributed by atoms with van der Waals surface area (Å²) in [6.45, 7) is 5.42. The Bertz CT molecular complexity index is 465. The van der Waals surface area contributed by atoms with Gasteiger partial charge in [-0.1, -0.05) is 32.8 Å². The molecule has 1 fully saturated rings. The molecule has 1 aliphatic carbocycles. The summed E-state index contributed by atoms with van der Waals surface area (Å²) in [5.74, 6) is 0.375. The van der Waals surface area contributed by atoms with Gasteiger partial charge in [0, 0.05) is 6.54 Å². The zero-order valence-electron chi connectivity index (χ0n) is 12.4. The van der Waals surface area contributed by atoms with Gasteiger partial charge in [0.1, 0.15) is 5.82 Å². The van der Waals surface area contributed by atoms with Gasteiger partial charge in [-0.05, 0) is 42.7 Å². The normalized spacial score (nSPS) is 17.4. The molecule has 110 valence electrons. The summed E-state index contributed by atoms with van der Waals surface area (Å²) in [7, 11) is 0. The van der Waals surface area contributed by atoms with Crippen LogP contribution in [0.4, 0.5) is 5.82 Å². The van der Waals surface area contributed by atoms with Crippen molar-refractivity contribution in [3.05, 3.63) is 23.9 Å². The molecular formula is C16H24N2O2. The van der Waals surface area contributed by atoms with Crippen molar-refractivity contribution >= 4 is 11.8 Å². The molecule has 4 nitrogen and oxygen atoms in total. The molecule has 0 unspecified atom stereocenters. The number of hydrogen-bond donors (Lipinski definition) is 2. The second-order valence-corrected chi connectivity index (χ2v) is 6.37. The third kappa shape index (κ3) is 3.71. The highest BCUT2D eigenvalue weighted by atomic mass is 16.4. The quantitative estimate of drug-likeness (QED) is 0.829. The second kappa shape index (κ2) is 6.25. The molecule has 4 heteroatoms. The van der Waals surface area contributed by atoms with Crippen molar-refractivity contribution in [2.24, 2.45) is 11.3 Å². The molecule has 0 atom stereocenters. The minimum atomic E-state index is -0.980. The van der Waals surface area contributed by atoms with Gasteiger partial charge in [0.2, 0.25) is 0 Å². The molecule has 0 amide bonds. The van der Waals surface area contributed by atoms with Crippen molar-refractivity contribution in [2.45, 2.75) is 46.0 Å². The van der Waals surface area contributed by atoms with Gasteiger partial charge in [-0.3, -0.25) is 0 Å². The van der Waals surface area contributed by atoms with Gasteiger partial charge in [0.25, 0.3) is 0 Å². The first-order valence-electron chi connectivity index (χ1n) is 7.45. The molecule has 1 aliphatic rings. The SMILES string of the molecule is CC(C)CC1(CNc2cccc(C(=O)O)n2)CCCC1. The van der Waals surface area contributed by atoms with Crippen LogP contribution in [0.2, 0.25) is 0 Å². The first-order valence-corrected chi connectivity index (χ1v) is 7.45. The van der Waals surface area contributed by atoms with E-state index in [2.05, 4.69) is 24.1 Å². The van der Waals surface area contributed by atoms with Gasteiger partial charge in [-0.25, -0.2) is 9.78 Å². The van der Waals surface area contributed by atoms with Gasteiger partial charge in [0.05, 0.1) is 0 Å². The molecule has 0 saturated heterocycles. The van der Waals surface area contributed by atoms with Crippen LogP contribution in [0.25, 0.3) is 0 Å². The first kappa shape index (κ1) is 14.8. The van der Waals surface area contributed by atoms with E-state index >= 15 is 0 Å². The molecule has 2 N–H and O–H groups in total. The first-order chi connectivity index (χ1) is 9.51. The lowest BCUT2D eigenvalue weighted by Crippen LogP contribution is -2.28. The summed E-state index contributed by atoms with van der Waals surface area (Å²) in [6, 6.07) is 5.10. The van der Waals surface area contributed by atoms with E-state index in [0.29, 0.717) is 17.2 Å². The van der Waals surface area contributed by atoms with Crippen LogP contribution in [0.1, 0.15) is 56.4 Å². The Kier molecular flexibility index (Phi) is 4.63. The maximum absolute atomic E-state index is 10.9. The van der Waals surface area contributed by atoms with Crippen LogP contribution in [0.5, 0.6) is 0 Å². The number of pyridine rings is 1. The molecule has 1 saturated carbocycles. The van der Waals surface area contributed by atoms with E-state index in [0.717, 1.165) is 6.54 Å². The predicted molar refractivity (Wildman–Crippen MR) is 80.0 cm³/mol. The maximum Gasteiger partial charge on any atom is 0.354 e. The summed E-state index contributed by atoms with van der Waals surface area (Å²) in [6.07, 6.45) is 6.35. The number of aromatic nitrogens is 1. The Morgan fingerprint density at radius 2 is 2.10 bits per heavy atom. The Hall–Kier alpha value is -1.58. The van der Waals surface area contributed by atoms with Gasteiger partial charge < -0.3 is 10.4 Å². The fraction of sp³-hybridized carbons (Fsp3) is 0.625. The standard InChI is InChI=1S/C16H24N2O2/c1-12(2)10-16(8-3-4-9-16)11-17-14-7-5-6-13(18-14)15(19)20/h5-7,12H,3-4,8-11H2,1-2H3,(H,17,18)(H,19,20). The van der Waals surface area contributed by atoms with E-state index in [9.17, 15) is 4.79 Å². The van der Waals surface area contributed by atoms with Crippen LogP contribution in [0, 0.1) is 11.3 Å². The number of aromatic carboxylic acids is 1. The number of carboxylic acid groups (broad SMARTS) is 1. The van der Waals surface area contributed by atoms with Crippen LogP contribution in [0.3, 0.4) is 0 Å². The highest BCUT2D eigenvalue weighted by Crippen LogP contribution is 2.43. The number of carboxylic acids is 1. The highest BCUT2D eigenvalue weighted by molar-refractivity contribution is 5.85. The van der Waals surface area contributed by atoms with E-state index in [1.165, 1.54) is 38.2 Å². The summed E-state index contributed by atoms with van der Waals surface area (Å²) in [5, 5.41) is 12.3. The molecule has 0 aromatic carbocycles. The van der Waals surface area contributed by atoms with Gasteiger partial charge in [-0.15, -0.1) is 0 Å². The predicted octanol–water partition coefficient (Wildman–Crippen LogP) is 3.80. The lowest BCUT2D eigenvalue weighted by atomic mass is 9.78. The minimum Gasteiger partial charge on any atom is -0.477 e. The zero-order valence-corrected chi connectivity index (χ0v) is 12.4. The Morgan fingerprint density at radius 3 is 2.70 bits per heavy atom. The molecule has 1 heterocycles. The van der Waals surface area contributed by atoms with Gasteiger partial charge in [0.15, 0.2) is 5.69 Å². The third-order valence-electron chi connectivity index (χ3n) is 4.12. The van der Waals surface area contributed by atoms with Gasteiger partial charge >= 0.3 is 5.97 Å². The Morgan fingerprint density at radius 1 is 1.40 bits per heavy atom. The van der Waals surface area contributed by atoms with Crippen LogP contribution in [-0.2, 0) is 0 Å². The van der Waals surface area contributed by atoms with Crippen molar-refractivity contribution in [3.8, 4) is 0 Å². The second-order valence-electron chi connectivity index (χ2n) is 6.37. The van der Waals surface area contributed by atoms with Gasteiger partial charge in [-0.2, -0.15) is 0 Å². The zero-order chi connectivity index (χ0) is 14.6. The van der Waals surface area contributed by atoms with E-state index < -0.39 is 5.97 Å².